The molecule has 0 aliphatic rings. The molecule has 0 radical (unpaired) electrons. The molecule has 2 amide bonds. The largest absolute Gasteiger partial charge is 0.493 e. The Bertz CT molecular complexity index is 1190. The van der Waals surface area contributed by atoms with Crippen LogP contribution in [0, 0.1) is 11.2 Å². The van der Waals surface area contributed by atoms with Crippen molar-refractivity contribution >= 4 is 23.3 Å². The molecule has 10 heteroatoms. The van der Waals surface area contributed by atoms with Gasteiger partial charge in [-0.2, -0.15) is 0 Å². The Labute approximate surface area is 195 Å². The van der Waals surface area contributed by atoms with Crippen molar-refractivity contribution in [3.8, 4) is 11.5 Å². The maximum absolute atomic E-state index is 15.0. The second-order valence-electron chi connectivity index (χ2n) is 7.11. The van der Waals surface area contributed by atoms with Gasteiger partial charge in [-0.25, -0.2) is 4.39 Å². The third-order valence-electron chi connectivity index (χ3n) is 4.92. The van der Waals surface area contributed by atoms with Crippen LogP contribution in [0.15, 0.2) is 66.7 Å². The zero-order valence-corrected chi connectivity index (χ0v) is 18.5. The summed E-state index contributed by atoms with van der Waals surface area (Å²) in [5, 5.41) is 10.4. The van der Waals surface area contributed by atoms with Crippen LogP contribution in [0.5, 0.6) is 11.5 Å². The molecule has 0 bridgehead atoms. The summed E-state index contributed by atoms with van der Waals surface area (Å²) in [6, 6.07) is 15.8. The van der Waals surface area contributed by atoms with E-state index in [1.165, 1.54) is 20.3 Å². The normalized spacial score (nSPS) is 11.1. The van der Waals surface area contributed by atoms with Crippen LogP contribution >= 0.6 is 0 Å². The SMILES string of the molecule is COc1cc(F)c(C(Nc2ccc(C(=N)N)cc2)C(=O)NNC(=O)c2ccccc2)cc1OC. The van der Waals surface area contributed by atoms with Crippen molar-refractivity contribution in [2.45, 2.75) is 6.04 Å². The minimum atomic E-state index is -1.26. The van der Waals surface area contributed by atoms with Crippen LogP contribution in [0.4, 0.5) is 10.1 Å². The van der Waals surface area contributed by atoms with Crippen molar-refractivity contribution < 1.29 is 23.5 Å². The van der Waals surface area contributed by atoms with E-state index in [0.717, 1.165) is 6.07 Å². The summed E-state index contributed by atoms with van der Waals surface area (Å²) in [4.78, 5) is 25.4. The van der Waals surface area contributed by atoms with Gasteiger partial charge in [0.15, 0.2) is 11.5 Å². The fourth-order valence-corrected chi connectivity index (χ4v) is 3.14. The first-order valence-corrected chi connectivity index (χ1v) is 10.1. The highest BCUT2D eigenvalue weighted by molar-refractivity contribution is 5.97. The number of carbonyl (C=O) groups is 2. The van der Waals surface area contributed by atoms with Crippen LogP contribution in [0.3, 0.4) is 0 Å². The van der Waals surface area contributed by atoms with Gasteiger partial charge in [-0.15, -0.1) is 0 Å². The van der Waals surface area contributed by atoms with E-state index in [0.29, 0.717) is 16.8 Å². The van der Waals surface area contributed by atoms with Crippen LogP contribution in [-0.2, 0) is 4.79 Å². The molecule has 0 aliphatic carbocycles. The number of nitrogen functional groups attached to an aromatic ring is 1. The number of amidine groups is 1. The molecule has 1 atom stereocenters. The van der Waals surface area contributed by atoms with E-state index in [-0.39, 0.29) is 22.9 Å². The van der Waals surface area contributed by atoms with E-state index < -0.39 is 23.7 Å². The Morgan fingerprint density at radius 2 is 1.53 bits per heavy atom. The Balaban J connectivity index is 1.90. The lowest BCUT2D eigenvalue weighted by Gasteiger charge is -2.22. The number of hydrazine groups is 1. The Morgan fingerprint density at radius 3 is 2.12 bits per heavy atom. The average Bonchev–Trinajstić information content (AvgIpc) is 2.86. The number of amides is 2. The highest BCUT2D eigenvalue weighted by Crippen LogP contribution is 2.33. The number of nitrogens with one attached hydrogen (secondary N) is 4. The lowest BCUT2D eigenvalue weighted by molar-refractivity contribution is -0.122. The monoisotopic (exact) mass is 465 g/mol. The number of carbonyl (C=O) groups excluding carboxylic acids is 2. The number of benzene rings is 3. The molecule has 0 fully saturated rings. The first-order chi connectivity index (χ1) is 16.3. The fraction of sp³-hybridized carbons (Fsp3) is 0.125. The second-order valence-corrected chi connectivity index (χ2v) is 7.11. The molecule has 9 nitrogen and oxygen atoms in total. The van der Waals surface area contributed by atoms with Crippen molar-refractivity contribution in [2.75, 3.05) is 19.5 Å². The summed E-state index contributed by atoms with van der Waals surface area (Å²) in [6.07, 6.45) is 0. The number of ether oxygens (including phenoxy) is 2. The number of hydrogen-bond donors (Lipinski definition) is 5. The molecular weight excluding hydrogens is 441 g/mol. The highest BCUT2D eigenvalue weighted by Gasteiger charge is 2.26. The van der Waals surface area contributed by atoms with Crippen molar-refractivity contribution in [3.63, 3.8) is 0 Å². The molecule has 1 unspecified atom stereocenters. The number of rotatable bonds is 8. The highest BCUT2D eigenvalue weighted by atomic mass is 19.1. The molecule has 0 aliphatic heterocycles. The molecule has 0 saturated carbocycles. The molecule has 0 heterocycles. The molecule has 176 valence electrons. The zero-order valence-electron chi connectivity index (χ0n) is 18.5. The molecule has 34 heavy (non-hydrogen) atoms. The average molecular weight is 465 g/mol. The van der Waals surface area contributed by atoms with Gasteiger partial charge in [-0.1, -0.05) is 18.2 Å². The predicted molar refractivity (Wildman–Crippen MR) is 125 cm³/mol. The van der Waals surface area contributed by atoms with E-state index in [1.807, 2.05) is 0 Å². The van der Waals surface area contributed by atoms with Crippen LogP contribution in [0.25, 0.3) is 0 Å². The molecule has 3 rings (SSSR count). The number of halogens is 1. The Morgan fingerprint density at radius 1 is 0.912 bits per heavy atom. The van der Waals surface area contributed by atoms with E-state index in [4.69, 9.17) is 20.6 Å². The summed E-state index contributed by atoms with van der Waals surface area (Å²) >= 11 is 0. The quantitative estimate of drug-likeness (QED) is 0.197. The third-order valence-corrected chi connectivity index (χ3v) is 4.92. The van der Waals surface area contributed by atoms with Gasteiger partial charge in [-0.3, -0.25) is 25.8 Å². The molecule has 0 saturated heterocycles. The summed E-state index contributed by atoms with van der Waals surface area (Å²) in [5.74, 6) is -1.72. The Kier molecular flexibility index (Phi) is 7.65. The number of methoxy groups -OCH3 is 2. The maximum Gasteiger partial charge on any atom is 0.269 e. The minimum absolute atomic E-state index is 0.0419. The summed E-state index contributed by atoms with van der Waals surface area (Å²) < 4.78 is 25.4. The van der Waals surface area contributed by atoms with Gasteiger partial charge in [0.25, 0.3) is 11.8 Å². The predicted octanol–water partition coefficient (Wildman–Crippen LogP) is 2.74. The number of hydrogen-bond acceptors (Lipinski definition) is 6. The van der Waals surface area contributed by atoms with Crippen LogP contribution < -0.4 is 31.4 Å². The van der Waals surface area contributed by atoms with Crippen molar-refractivity contribution in [2.24, 2.45) is 5.73 Å². The molecular formula is C24H24FN5O4. The van der Waals surface area contributed by atoms with Gasteiger partial charge in [-0.05, 0) is 42.5 Å². The summed E-state index contributed by atoms with van der Waals surface area (Å²) in [7, 11) is 2.76. The smallest absolute Gasteiger partial charge is 0.269 e. The van der Waals surface area contributed by atoms with Gasteiger partial charge in [0.1, 0.15) is 17.7 Å². The molecule has 0 spiro atoms. The van der Waals surface area contributed by atoms with E-state index >= 15 is 4.39 Å². The zero-order chi connectivity index (χ0) is 24.7. The first-order valence-electron chi connectivity index (χ1n) is 10.1. The van der Waals surface area contributed by atoms with Crippen LogP contribution in [0.2, 0.25) is 0 Å². The van der Waals surface area contributed by atoms with Gasteiger partial charge < -0.3 is 20.5 Å². The molecule has 0 aromatic heterocycles. The van der Waals surface area contributed by atoms with E-state index in [9.17, 15) is 9.59 Å². The van der Waals surface area contributed by atoms with Crippen molar-refractivity contribution in [1.82, 2.24) is 10.9 Å². The first kappa shape index (κ1) is 24.1. The standard InChI is InChI=1S/C24H24FN5O4/c1-33-19-12-17(18(25)13-20(19)34-2)21(28-16-10-8-14(9-11-16)22(26)27)24(32)30-29-23(31)15-6-4-3-5-7-15/h3-13,21,28H,1-2H3,(H3,26,27)(H,29,31)(H,30,32). The van der Waals surface area contributed by atoms with Gasteiger partial charge in [0, 0.05) is 28.4 Å². The second kappa shape index (κ2) is 10.8. The third kappa shape index (κ3) is 5.60. The van der Waals surface area contributed by atoms with Gasteiger partial charge >= 0.3 is 0 Å². The summed E-state index contributed by atoms with van der Waals surface area (Å²) in [5.41, 5.74) is 11.4. The maximum atomic E-state index is 15.0. The summed E-state index contributed by atoms with van der Waals surface area (Å²) in [6.45, 7) is 0. The minimum Gasteiger partial charge on any atom is -0.493 e. The van der Waals surface area contributed by atoms with E-state index in [1.54, 1.807) is 54.6 Å². The molecule has 3 aromatic carbocycles. The van der Waals surface area contributed by atoms with Crippen molar-refractivity contribution in [3.05, 3.63) is 89.2 Å². The lowest BCUT2D eigenvalue weighted by atomic mass is 10.0. The number of anilines is 1. The Hall–Kier alpha value is -4.60. The lowest BCUT2D eigenvalue weighted by Crippen LogP contribution is -2.45. The fourth-order valence-electron chi connectivity index (χ4n) is 3.14. The van der Waals surface area contributed by atoms with Crippen LogP contribution in [-0.4, -0.2) is 31.9 Å². The van der Waals surface area contributed by atoms with Crippen molar-refractivity contribution in [1.29, 1.82) is 5.41 Å². The van der Waals surface area contributed by atoms with Gasteiger partial charge in [0.2, 0.25) is 0 Å². The molecule has 6 N–H and O–H groups in total. The van der Waals surface area contributed by atoms with E-state index in [2.05, 4.69) is 16.2 Å². The topological polar surface area (TPSA) is 139 Å². The van der Waals surface area contributed by atoms with Gasteiger partial charge in [0.05, 0.1) is 14.2 Å². The number of nitrogens with two attached hydrogens (primary N) is 1. The molecule has 3 aromatic rings. The van der Waals surface area contributed by atoms with Crippen LogP contribution in [0.1, 0.15) is 27.5 Å².